The van der Waals surface area contributed by atoms with E-state index in [2.05, 4.69) is 24.3 Å². The highest BCUT2D eigenvalue weighted by Crippen LogP contribution is 2.32. The SMILES string of the molecule is c1ccc2c(c1)CCC[C@@H]2OC[C@H]1CO1. The summed E-state index contributed by atoms with van der Waals surface area (Å²) in [7, 11) is 0. The lowest BCUT2D eigenvalue weighted by molar-refractivity contribution is 0.0310. The maximum absolute atomic E-state index is 5.91. The second-order valence-corrected chi connectivity index (χ2v) is 4.37. The number of epoxide rings is 1. The Morgan fingerprint density at radius 2 is 2.20 bits per heavy atom. The van der Waals surface area contributed by atoms with Crippen molar-refractivity contribution >= 4 is 0 Å². The van der Waals surface area contributed by atoms with Crippen LogP contribution in [0.2, 0.25) is 0 Å². The summed E-state index contributed by atoms with van der Waals surface area (Å²) in [5.41, 5.74) is 2.86. The van der Waals surface area contributed by atoms with Crippen molar-refractivity contribution < 1.29 is 9.47 Å². The molecule has 1 aliphatic carbocycles. The quantitative estimate of drug-likeness (QED) is 0.705. The molecular weight excluding hydrogens is 188 g/mol. The van der Waals surface area contributed by atoms with E-state index in [9.17, 15) is 0 Å². The first-order valence-electron chi connectivity index (χ1n) is 5.74. The average Bonchev–Trinajstić information content (AvgIpc) is 3.10. The number of ether oxygens (including phenoxy) is 2. The van der Waals surface area contributed by atoms with Crippen LogP contribution in [0.4, 0.5) is 0 Å². The van der Waals surface area contributed by atoms with Crippen LogP contribution in [0.1, 0.15) is 30.1 Å². The van der Waals surface area contributed by atoms with Crippen LogP contribution in [0.25, 0.3) is 0 Å². The van der Waals surface area contributed by atoms with Crippen LogP contribution in [-0.4, -0.2) is 19.3 Å². The van der Waals surface area contributed by atoms with Gasteiger partial charge in [0.2, 0.25) is 0 Å². The van der Waals surface area contributed by atoms with Crippen molar-refractivity contribution in [3.63, 3.8) is 0 Å². The van der Waals surface area contributed by atoms with E-state index in [4.69, 9.17) is 9.47 Å². The van der Waals surface area contributed by atoms with Crippen molar-refractivity contribution in [3.05, 3.63) is 35.4 Å². The lowest BCUT2D eigenvalue weighted by Gasteiger charge is -2.25. The third kappa shape index (κ3) is 2.06. The minimum atomic E-state index is 0.305. The Hall–Kier alpha value is -0.860. The van der Waals surface area contributed by atoms with Gasteiger partial charge in [0.1, 0.15) is 6.10 Å². The van der Waals surface area contributed by atoms with Crippen molar-refractivity contribution in [1.82, 2.24) is 0 Å². The smallest absolute Gasteiger partial charge is 0.104 e. The number of rotatable bonds is 3. The maximum Gasteiger partial charge on any atom is 0.104 e. The molecule has 1 fully saturated rings. The molecule has 1 saturated heterocycles. The molecule has 0 unspecified atom stereocenters. The summed E-state index contributed by atoms with van der Waals surface area (Å²) >= 11 is 0. The first kappa shape index (κ1) is 9.37. The molecule has 80 valence electrons. The van der Waals surface area contributed by atoms with Crippen LogP contribution < -0.4 is 0 Å². The molecule has 15 heavy (non-hydrogen) atoms. The third-order valence-corrected chi connectivity index (χ3v) is 3.20. The first-order chi connectivity index (χ1) is 7.43. The highest BCUT2D eigenvalue weighted by atomic mass is 16.6. The Balaban J connectivity index is 1.73. The molecule has 1 aromatic rings. The van der Waals surface area contributed by atoms with E-state index in [1.54, 1.807) is 0 Å². The van der Waals surface area contributed by atoms with Gasteiger partial charge < -0.3 is 9.47 Å². The van der Waals surface area contributed by atoms with Gasteiger partial charge in [-0.2, -0.15) is 0 Å². The predicted octanol–water partition coefficient (Wildman–Crippen LogP) is 2.48. The highest BCUT2D eigenvalue weighted by molar-refractivity contribution is 5.31. The zero-order chi connectivity index (χ0) is 10.1. The molecule has 0 radical (unpaired) electrons. The highest BCUT2D eigenvalue weighted by Gasteiger charge is 2.26. The normalized spacial score (nSPS) is 28.5. The Bertz CT molecular complexity index is 344. The molecule has 0 bridgehead atoms. The maximum atomic E-state index is 5.91. The van der Waals surface area contributed by atoms with Gasteiger partial charge >= 0.3 is 0 Å². The molecule has 0 saturated carbocycles. The minimum absolute atomic E-state index is 0.305. The lowest BCUT2D eigenvalue weighted by Crippen LogP contribution is -2.15. The molecule has 1 aliphatic heterocycles. The summed E-state index contributed by atoms with van der Waals surface area (Å²) in [6.45, 7) is 1.65. The average molecular weight is 204 g/mol. The van der Waals surface area contributed by atoms with Gasteiger partial charge in [0.25, 0.3) is 0 Å². The minimum Gasteiger partial charge on any atom is -0.371 e. The van der Waals surface area contributed by atoms with Crippen LogP contribution in [0, 0.1) is 0 Å². The monoisotopic (exact) mass is 204 g/mol. The lowest BCUT2D eigenvalue weighted by atomic mass is 9.89. The second kappa shape index (κ2) is 3.95. The Morgan fingerprint density at radius 1 is 1.33 bits per heavy atom. The number of hydrogen-bond donors (Lipinski definition) is 0. The van der Waals surface area contributed by atoms with Gasteiger partial charge in [0.15, 0.2) is 0 Å². The summed E-state index contributed by atoms with van der Waals surface area (Å²) in [5.74, 6) is 0. The molecule has 3 rings (SSSR count). The summed E-state index contributed by atoms with van der Waals surface area (Å²) in [6.07, 6.45) is 4.28. The molecule has 2 heteroatoms. The van der Waals surface area contributed by atoms with E-state index < -0.39 is 0 Å². The van der Waals surface area contributed by atoms with Crippen molar-refractivity contribution in [3.8, 4) is 0 Å². The van der Waals surface area contributed by atoms with Crippen molar-refractivity contribution in [2.24, 2.45) is 0 Å². The topological polar surface area (TPSA) is 21.8 Å². The standard InChI is InChI=1S/C13H16O2/c1-2-6-12-10(4-1)5-3-7-13(12)15-9-11-8-14-11/h1-2,4,6,11,13H,3,5,7-9H2/t11-,13+/m1/s1. The molecule has 1 heterocycles. The molecule has 2 aliphatic rings. The van der Waals surface area contributed by atoms with Gasteiger partial charge in [0.05, 0.1) is 19.3 Å². The van der Waals surface area contributed by atoms with E-state index >= 15 is 0 Å². The van der Waals surface area contributed by atoms with Gasteiger partial charge in [-0.1, -0.05) is 24.3 Å². The van der Waals surface area contributed by atoms with E-state index in [-0.39, 0.29) is 0 Å². The first-order valence-corrected chi connectivity index (χ1v) is 5.74. The van der Waals surface area contributed by atoms with Gasteiger partial charge in [-0.15, -0.1) is 0 Å². The number of benzene rings is 1. The van der Waals surface area contributed by atoms with Crippen molar-refractivity contribution in [2.45, 2.75) is 31.5 Å². The molecule has 0 spiro atoms. The fourth-order valence-corrected chi connectivity index (χ4v) is 2.27. The van der Waals surface area contributed by atoms with Crippen LogP contribution in [0.15, 0.2) is 24.3 Å². The molecule has 1 aromatic carbocycles. The largest absolute Gasteiger partial charge is 0.371 e. The van der Waals surface area contributed by atoms with Crippen molar-refractivity contribution in [2.75, 3.05) is 13.2 Å². The molecule has 0 N–H and O–H groups in total. The summed E-state index contributed by atoms with van der Waals surface area (Å²) in [4.78, 5) is 0. The fraction of sp³-hybridized carbons (Fsp3) is 0.538. The third-order valence-electron chi connectivity index (χ3n) is 3.20. The van der Waals surface area contributed by atoms with E-state index in [1.165, 1.54) is 24.0 Å². The van der Waals surface area contributed by atoms with Crippen molar-refractivity contribution in [1.29, 1.82) is 0 Å². The van der Waals surface area contributed by atoms with Crippen LogP contribution in [0.5, 0.6) is 0 Å². The zero-order valence-corrected chi connectivity index (χ0v) is 8.82. The summed E-state index contributed by atoms with van der Waals surface area (Å²) in [5, 5.41) is 0. The molecule has 2 atom stereocenters. The van der Waals surface area contributed by atoms with Gasteiger partial charge in [-0.3, -0.25) is 0 Å². The number of fused-ring (bicyclic) bond motifs is 1. The van der Waals surface area contributed by atoms with E-state index in [0.717, 1.165) is 19.6 Å². The molecule has 0 amide bonds. The zero-order valence-electron chi connectivity index (χ0n) is 8.82. The van der Waals surface area contributed by atoms with Crippen LogP contribution >= 0.6 is 0 Å². The Labute approximate surface area is 90.2 Å². The van der Waals surface area contributed by atoms with Crippen LogP contribution in [0.3, 0.4) is 0 Å². The Morgan fingerprint density at radius 3 is 3.07 bits per heavy atom. The summed E-state index contributed by atoms with van der Waals surface area (Å²) in [6, 6.07) is 8.64. The van der Waals surface area contributed by atoms with E-state index in [0.29, 0.717) is 12.2 Å². The summed E-state index contributed by atoms with van der Waals surface area (Å²) < 4.78 is 11.1. The molecule has 0 aromatic heterocycles. The molecule has 2 nitrogen and oxygen atoms in total. The fourth-order valence-electron chi connectivity index (χ4n) is 2.27. The van der Waals surface area contributed by atoms with Crippen LogP contribution in [-0.2, 0) is 15.9 Å². The van der Waals surface area contributed by atoms with Gasteiger partial charge in [0, 0.05) is 0 Å². The number of hydrogen-bond acceptors (Lipinski definition) is 2. The predicted molar refractivity (Wildman–Crippen MR) is 57.8 cm³/mol. The van der Waals surface area contributed by atoms with Gasteiger partial charge in [-0.05, 0) is 30.4 Å². The number of aryl methyl sites for hydroxylation is 1. The Kier molecular flexibility index (Phi) is 2.47. The van der Waals surface area contributed by atoms with E-state index in [1.807, 2.05) is 0 Å². The van der Waals surface area contributed by atoms with Gasteiger partial charge in [-0.25, -0.2) is 0 Å². The molecular formula is C13H16O2. The second-order valence-electron chi connectivity index (χ2n) is 4.37.